The Morgan fingerprint density at radius 1 is 1.21 bits per heavy atom. The summed E-state index contributed by atoms with van der Waals surface area (Å²) in [6.45, 7) is -0.726. The fraction of sp³-hybridized carbons (Fsp3) is 0.150. The van der Waals surface area contributed by atoms with Gasteiger partial charge in [0.1, 0.15) is 24.7 Å². The van der Waals surface area contributed by atoms with Crippen molar-refractivity contribution in [1.29, 1.82) is 0 Å². The number of hydrogen-bond acceptors (Lipinski definition) is 5. The number of amides is 3. The molecular weight excluding hydrogens is 383 g/mol. The molecule has 2 aromatic rings. The Bertz CT molecular complexity index is 1000. The molecule has 150 valence electrons. The fourth-order valence-electron chi connectivity index (χ4n) is 2.68. The van der Waals surface area contributed by atoms with E-state index in [2.05, 4.69) is 5.32 Å². The molecule has 0 aliphatic carbocycles. The topological polar surface area (TPSA) is 105 Å². The molecule has 0 atom stereocenters. The molecule has 3 amide bonds. The van der Waals surface area contributed by atoms with Crippen LogP contribution < -0.4 is 14.8 Å². The molecule has 9 heteroatoms. The van der Waals surface area contributed by atoms with Gasteiger partial charge in [-0.2, -0.15) is 0 Å². The molecule has 0 radical (unpaired) electrons. The van der Waals surface area contributed by atoms with Crippen LogP contribution in [-0.2, 0) is 16.2 Å². The van der Waals surface area contributed by atoms with Crippen LogP contribution in [0, 0.1) is 5.82 Å². The second-order valence-electron chi connectivity index (χ2n) is 6.06. The van der Waals surface area contributed by atoms with Crippen LogP contribution in [0.25, 0.3) is 6.08 Å². The summed E-state index contributed by atoms with van der Waals surface area (Å²) in [4.78, 5) is 35.3. The van der Waals surface area contributed by atoms with E-state index in [1.54, 1.807) is 36.4 Å². The Morgan fingerprint density at radius 3 is 2.66 bits per heavy atom. The van der Waals surface area contributed by atoms with Gasteiger partial charge in [0.25, 0.3) is 5.91 Å². The van der Waals surface area contributed by atoms with Gasteiger partial charge in [-0.15, -0.1) is 0 Å². The highest BCUT2D eigenvalue weighted by Crippen LogP contribution is 2.30. The number of nitrogens with one attached hydrogen (secondary N) is 1. The Labute approximate surface area is 165 Å². The second kappa shape index (κ2) is 8.42. The molecule has 0 unspecified atom stereocenters. The molecule has 29 heavy (non-hydrogen) atoms. The molecule has 1 aliphatic rings. The molecule has 0 aromatic heterocycles. The normalized spacial score (nSPS) is 14.8. The van der Waals surface area contributed by atoms with E-state index in [1.807, 2.05) is 0 Å². The maximum absolute atomic E-state index is 13.7. The summed E-state index contributed by atoms with van der Waals surface area (Å²) < 4.78 is 24.6. The van der Waals surface area contributed by atoms with Crippen molar-refractivity contribution in [2.24, 2.45) is 0 Å². The Morgan fingerprint density at radius 2 is 1.97 bits per heavy atom. The van der Waals surface area contributed by atoms with Crippen molar-refractivity contribution < 1.29 is 33.4 Å². The van der Waals surface area contributed by atoms with Crippen LogP contribution >= 0.6 is 0 Å². The van der Waals surface area contributed by atoms with E-state index in [1.165, 1.54) is 19.3 Å². The molecule has 0 saturated carbocycles. The summed E-state index contributed by atoms with van der Waals surface area (Å²) in [6, 6.07) is 10.2. The van der Waals surface area contributed by atoms with Gasteiger partial charge in [-0.05, 0) is 29.8 Å². The van der Waals surface area contributed by atoms with E-state index in [0.717, 1.165) is 0 Å². The average Bonchev–Trinajstić information content (AvgIpc) is 2.95. The molecule has 1 saturated heterocycles. The maximum Gasteiger partial charge on any atom is 0.329 e. The van der Waals surface area contributed by atoms with Crippen molar-refractivity contribution in [2.75, 3.05) is 13.7 Å². The lowest BCUT2D eigenvalue weighted by Gasteiger charge is -2.12. The van der Waals surface area contributed by atoms with Crippen LogP contribution in [0.1, 0.15) is 11.1 Å². The standard InChI is InChI=1S/C20H17FN2O6/c1-28-17-9-12(8-15-19(26)23(10-18(24)25)20(27)22-15)6-7-16(17)29-11-13-4-2-3-5-14(13)21/h2-9H,10-11H2,1H3,(H,22,27)(H,24,25). The van der Waals surface area contributed by atoms with E-state index in [0.29, 0.717) is 27.5 Å². The van der Waals surface area contributed by atoms with Crippen molar-refractivity contribution >= 4 is 24.0 Å². The number of imide groups is 1. The van der Waals surface area contributed by atoms with E-state index in [-0.39, 0.29) is 18.1 Å². The number of hydrogen-bond donors (Lipinski definition) is 2. The number of rotatable bonds is 7. The number of aliphatic carboxylic acids is 1. The van der Waals surface area contributed by atoms with Crippen LogP contribution in [0.2, 0.25) is 0 Å². The van der Waals surface area contributed by atoms with E-state index >= 15 is 0 Å². The lowest BCUT2D eigenvalue weighted by atomic mass is 10.1. The number of methoxy groups -OCH3 is 1. The number of benzene rings is 2. The first kappa shape index (κ1) is 19.9. The van der Waals surface area contributed by atoms with Crippen LogP contribution in [-0.4, -0.2) is 41.6 Å². The van der Waals surface area contributed by atoms with E-state index in [9.17, 15) is 18.8 Å². The van der Waals surface area contributed by atoms with Crippen molar-refractivity contribution in [3.63, 3.8) is 0 Å². The predicted octanol–water partition coefficient (Wildman–Crippen LogP) is 2.39. The van der Waals surface area contributed by atoms with Gasteiger partial charge in [0.15, 0.2) is 11.5 Å². The summed E-state index contributed by atoms with van der Waals surface area (Å²) in [5.41, 5.74) is 0.845. The van der Waals surface area contributed by atoms with E-state index < -0.39 is 24.5 Å². The minimum absolute atomic E-state index is 0.00214. The fourth-order valence-corrected chi connectivity index (χ4v) is 2.68. The van der Waals surface area contributed by atoms with Crippen LogP contribution in [0.15, 0.2) is 48.2 Å². The van der Waals surface area contributed by atoms with E-state index in [4.69, 9.17) is 14.6 Å². The van der Waals surface area contributed by atoms with Crippen molar-refractivity contribution in [3.8, 4) is 11.5 Å². The molecule has 1 aliphatic heterocycles. The maximum atomic E-state index is 13.7. The van der Waals surface area contributed by atoms with Gasteiger partial charge in [-0.1, -0.05) is 24.3 Å². The van der Waals surface area contributed by atoms with Gasteiger partial charge in [0.2, 0.25) is 0 Å². The molecular formula is C20H17FN2O6. The number of halogens is 1. The zero-order valence-electron chi connectivity index (χ0n) is 15.3. The first-order valence-electron chi connectivity index (χ1n) is 8.49. The number of ether oxygens (including phenoxy) is 2. The number of carbonyl (C=O) groups is 3. The van der Waals surface area contributed by atoms with Crippen LogP contribution in [0.4, 0.5) is 9.18 Å². The predicted molar refractivity (Wildman–Crippen MR) is 99.6 cm³/mol. The number of carbonyl (C=O) groups excluding carboxylic acids is 2. The SMILES string of the molecule is COc1cc(C=C2NC(=O)N(CC(=O)O)C2=O)ccc1OCc1ccccc1F. The molecule has 0 bridgehead atoms. The molecule has 3 rings (SSSR count). The molecule has 1 fully saturated rings. The largest absolute Gasteiger partial charge is 0.493 e. The van der Waals surface area contributed by atoms with Crippen LogP contribution in [0.3, 0.4) is 0 Å². The van der Waals surface area contributed by atoms with Gasteiger partial charge in [-0.25, -0.2) is 14.1 Å². The third-order valence-electron chi connectivity index (χ3n) is 4.10. The van der Waals surface area contributed by atoms with Crippen molar-refractivity contribution in [2.45, 2.75) is 6.61 Å². The first-order chi connectivity index (χ1) is 13.9. The highest BCUT2D eigenvalue weighted by molar-refractivity contribution is 6.15. The number of nitrogens with zero attached hydrogens (tertiary/aromatic N) is 1. The Balaban J connectivity index is 1.77. The summed E-state index contributed by atoms with van der Waals surface area (Å²) in [7, 11) is 1.43. The van der Waals surface area contributed by atoms with Crippen LogP contribution in [0.5, 0.6) is 11.5 Å². The summed E-state index contributed by atoms with van der Waals surface area (Å²) >= 11 is 0. The lowest BCUT2D eigenvalue weighted by Crippen LogP contribution is -2.35. The smallest absolute Gasteiger partial charge is 0.329 e. The zero-order chi connectivity index (χ0) is 21.0. The average molecular weight is 400 g/mol. The van der Waals surface area contributed by atoms with Gasteiger partial charge >= 0.3 is 12.0 Å². The summed E-state index contributed by atoms with van der Waals surface area (Å²) in [5, 5.41) is 11.1. The van der Waals surface area contributed by atoms with Gasteiger partial charge < -0.3 is 19.9 Å². The first-order valence-corrected chi connectivity index (χ1v) is 8.49. The van der Waals surface area contributed by atoms with Crippen molar-refractivity contribution in [3.05, 3.63) is 65.1 Å². The number of urea groups is 1. The molecule has 8 nitrogen and oxygen atoms in total. The van der Waals surface area contributed by atoms with Gasteiger partial charge in [0, 0.05) is 5.56 Å². The third-order valence-corrected chi connectivity index (χ3v) is 4.10. The molecule has 2 N–H and O–H groups in total. The van der Waals surface area contributed by atoms with Gasteiger partial charge in [-0.3, -0.25) is 9.59 Å². The Kier molecular flexibility index (Phi) is 5.77. The molecule has 0 spiro atoms. The van der Waals surface area contributed by atoms with Crippen molar-refractivity contribution in [1.82, 2.24) is 10.2 Å². The summed E-state index contributed by atoms with van der Waals surface area (Å²) in [6.07, 6.45) is 1.39. The monoisotopic (exact) mass is 400 g/mol. The van der Waals surface area contributed by atoms with Gasteiger partial charge in [0.05, 0.1) is 7.11 Å². The minimum Gasteiger partial charge on any atom is -0.493 e. The summed E-state index contributed by atoms with van der Waals surface area (Å²) in [5.74, 6) is -1.71. The molecule has 1 heterocycles. The zero-order valence-corrected chi connectivity index (χ0v) is 15.3. The lowest BCUT2D eigenvalue weighted by molar-refractivity contribution is -0.140. The highest BCUT2D eigenvalue weighted by Gasteiger charge is 2.34. The Hall–Kier alpha value is -3.88. The second-order valence-corrected chi connectivity index (χ2v) is 6.06. The minimum atomic E-state index is -1.30. The third kappa shape index (κ3) is 4.52. The highest BCUT2D eigenvalue weighted by atomic mass is 19.1. The quantitative estimate of drug-likeness (QED) is 0.546. The number of carboxylic acids is 1. The molecule has 2 aromatic carbocycles. The number of carboxylic acid groups (broad SMARTS) is 1.